The number of anilines is 1. The van der Waals surface area contributed by atoms with Crippen molar-refractivity contribution in [2.75, 3.05) is 5.73 Å². The summed E-state index contributed by atoms with van der Waals surface area (Å²) in [5.74, 6) is 0.588. The van der Waals surface area contributed by atoms with Crippen molar-refractivity contribution in [3.8, 4) is 0 Å². The molecule has 3 rings (SSSR count). The molecular weight excluding hydrogens is 248 g/mol. The molecular formula is C16H20N4. The van der Waals surface area contributed by atoms with Crippen LogP contribution in [-0.2, 0) is 19.5 Å². The molecule has 0 aliphatic heterocycles. The van der Waals surface area contributed by atoms with Gasteiger partial charge in [-0.15, -0.1) is 0 Å². The summed E-state index contributed by atoms with van der Waals surface area (Å²) < 4.78 is 4.25. The Morgan fingerprint density at radius 3 is 2.75 bits per heavy atom. The highest BCUT2D eigenvalue weighted by Gasteiger charge is 2.05. The zero-order valence-electron chi connectivity index (χ0n) is 11.8. The molecule has 0 atom stereocenters. The number of benzene rings is 1. The van der Waals surface area contributed by atoms with E-state index in [4.69, 9.17) is 5.73 Å². The Bertz CT molecular complexity index is 708. The van der Waals surface area contributed by atoms with Gasteiger partial charge in [0.1, 0.15) is 5.82 Å². The molecule has 1 aromatic carbocycles. The quantitative estimate of drug-likeness (QED) is 0.773. The first-order chi connectivity index (χ1) is 9.78. The van der Waals surface area contributed by atoms with Gasteiger partial charge in [0, 0.05) is 25.5 Å². The third-order valence-electron chi connectivity index (χ3n) is 3.70. The van der Waals surface area contributed by atoms with Crippen molar-refractivity contribution in [1.29, 1.82) is 0 Å². The molecule has 0 aliphatic carbocycles. The number of hydrogen-bond donors (Lipinski definition) is 1. The molecule has 104 valence electrons. The van der Waals surface area contributed by atoms with E-state index in [0.717, 1.165) is 25.9 Å². The average Bonchev–Trinajstić information content (AvgIpc) is 3.05. The second-order valence-electron chi connectivity index (χ2n) is 5.07. The third-order valence-corrected chi connectivity index (χ3v) is 3.70. The van der Waals surface area contributed by atoms with Crippen LogP contribution in [-0.4, -0.2) is 14.3 Å². The van der Waals surface area contributed by atoms with E-state index >= 15 is 0 Å². The van der Waals surface area contributed by atoms with Gasteiger partial charge >= 0.3 is 0 Å². The van der Waals surface area contributed by atoms with Crippen LogP contribution in [0.25, 0.3) is 10.9 Å². The molecule has 0 saturated heterocycles. The smallest absolute Gasteiger partial charge is 0.145 e. The van der Waals surface area contributed by atoms with Crippen LogP contribution in [0.1, 0.15) is 18.9 Å². The maximum Gasteiger partial charge on any atom is 0.145 e. The largest absolute Gasteiger partial charge is 0.382 e. The van der Waals surface area contributed by atoms with Gasteiger partial charge in [-0.1, -0.05) is 25.1 Å². The Morgan fingerprint density at radius 1 is 1.10 bits per heavy atom. The molecule has 0 unspecified atom stereocenters. The molecule has 3 aromatic rings. The van der Waals surface area contributed by atoms with E-state index in [0.29, 0.717) is 5.82 Å². The molecule has 0 radical (unpaired) electrons. The number of rotatable bonds is 5. The molecule has 20 heavy (non-hydrogen) atoms. The fourth-order valence-corrected chi connectivity index (χ4v) is 2.72. The summed E-state index contributed by atoms with van der Waals surface area (Å²) in [4.78, 5) is 0. The molecule has 0 amide bonds. The first kappa shape index (κ1) is 12.8. The van der Waals surface area contributed by atoms with Gasteiger partial charge in [-0.2, -0.15) is 5.10 Å². The molecule has 0 spiro atoms. The number of nitrogen functional groups attached to an aromatic ring is 1. The minimum absolute atomic E-state index is 0.588. The second-order valence-corrected chi connectivity index (χ2v) is 5.07. The minimum atomic E-state index is 0.588. The van der Waals surface area contributed by atoms with E-state index in [-0.39, 0.29) is 0 Å². The topological polar surface area (TPSA) is 48.8 Å². The van der Waals surface area contributed by atoms with Gasteiger partial charge in [0.05, 0.1) is 5.52 Å². The summed E-state index contributed by atoms with van der Waals surface area (Å²) in [5, 5.41) is 5.54. The van der Waals surface area contributed by atoms with E-state index in [1.54, 1.807) is 0 Å². The molecule has 0 saturated carbocycles. The van der Waals surface area contributed by atoms with Crippen molar-refractivity contribution in [3.05, 3.63) is 48.3 Å². The van der Waals surface area contributed by atoms with Gasteiger partial charge in [0.2, 0.25) is 0 Å². The van der Waals surface area contributed by atoms with Gasteiger partial charge in [-0.3, -0.25) is 4.68 Å². The van der Waals surface area contributed by atoms with Crippen LogP contribution in [0.2, 0.25) is 0 Å². The fraction of sp³-hybridized carbons (Fsp3) is 0.312. The summed E-state index contributed by atoms with van der Waals surface area (Å²) in [6.07, 6.45) is 6.22. The summed E-state index contributed by atoms with van der Waals surface area (Å²) in [6, 6.07) is 10.6. The van der Waals surface area contributed by atoms with E-state index in [1.165, 1.54) is 16.5 Å². The summed E-state index contributed by atoms with van der Waals surface area (Å²) >= 11 is 0. The molecule has 0 aliphatic rings. The van der Waals surface area contributed by atoms with Crippen LogP contribution >= 0.6 is 0 Å². The predicted octanol–water partition coefficient (Wildman–Crippen LogP) is 3.07. The normalized spacial score (nSPS) is 11.2. The monoisotopic (exact) mass is 268 g/mol. The minimum Gasteiger partial charge on any atom is -0.382 e. The zero-order valence-corrected chi connectivity index (χ0v) is 11.8. The van der Waals surface area contributed by atoms with Crippen molar-refractivity contribution >= 4 is 16.7 Å². The summed E-state index contributed by atoms with van der Waals surface area (Å²) in [7, 11) is 0. The van der Waals surface area contributed by atoms with Gasteiger partial charge in [-0.05, 0) is 35.9 Å². The van der Waals surface area contributed by atoms with Crippen molar-refractivity contribution in [2.24, 2.45) is 0 Å². The van der Waals surface area contributed by atoms with Crippen molar-refractivity contribution < 1.29 is 0 Å². The number of nitrogens with two attached hydrogens (primary N) is 1. The Kier molecular flexibility index (Phi) is 3.46. The standard InChI is InChI=1S/C16H20N4/c1-2-13-5-3-6-14-7-11-19(16(13)14)9-4-10-20-12-8-15(17)18-20/h3,5-8,11-12H,2,4,9-10H2,1H3,(H2,17,18). The molecule has 2 N–H and O–H groups in total. The van der Waals surface area contributed by atoms with Crippen molar-refractivity contribution in [1.82, 2.24) is 14.3 Å². The lowest BCUT2D eigenvalue weighted by atomic mass is 10.1. The number of fused-ring (bicyclic) bond motifs is 1. The Hall–Kier alpha value is -2.23. The number of para-hydroxylation sites is 1. The molecule has 4 nitrogen and oxygen atoms in total. The van der Waals surface area contributed by atoms with Crippen LogP contribution in [0.3, 0.4) is 0 Å². The Labute approximate surface area is 118 Å². The van der Waals surface area contributed by atoms with E-state index in [2.05, 4.69) is 47.1 Å². The lowest BCUT2D eigenvalue weighted by molar-refractivity contribution is 0.534. The summed E-state index contributed by atoms with van der Waals surface area (Å²) in [5.41, 5.74) is 8.40. The third kappa shape index (κ3) is 2.41. The Balaban J connectivity index is 1.74. The van der Waals surface area contributed by atoms with Crippen LogP contribution in [0.4, 0.5) is 5.82 Å². The van der Waals surface area contributed by atoms with Gasteiger partial charge in [0.15, 0.2) is 0 Å². The van der Waals surface area contributed by atoms with Gasteiger partial charge in [0.25, 0.3) is 0 Å². The first-order valence-electron chi connectivity index (χ1n) is 7.13. The van der Waals surface area contributed by atoms with E-state index < -0.39 is 0 Å². The van der Waals surface area contributed by atoms with Gasteiger partial charge in [-0.25, -0.2) is 0 Å². The van der Waals surface area contributed by atoms with E-state index in [1.807, 2.05) is 16.9 Å². The maximum absolute atomic E-state index is 5.62. The van der Waals surface area contributed by atoms with Crippen LogP contribution in [0.5, 0.6) is 0 Å². The number of aromatic nitrogens is 3. The first-order valence-corrected chi connectivity index (χ1v) is 7.13. The fourth-order valence-electron chi connectivity index (χ4n) is 2.72. The van der Waals surface area contributed by atoms with Crippen LogP contribution in [0, 0.1) is 0 Å². The average molecular weight is 268 g/mol. The molecule has 0 fully saturated rings. The highest BCUT2D eigenvalue weighted by atomic mass is 15.3. The maximum atomic E-state index is 5.62. The van der Waals surface area contributed by atoms with Crippen molar-refractivity contribution in [3.63, 3.8) is 0 Å². The number of nitrogens with zero attached hydrogens (tertiary/aromatic N) is 3. The SMILES string of the molecule is CCc1cccc2ccn(CCCn3ccc(N)n3)c12. The highest BCUT2D eigenvalue weighted by Crippen LogP contribution is 2.21. The van der Waals surface area contributed by atoms with Crippen molar-refractivity contribution in [2.45, 2.75) is 32.9 Å². The molecule has 0 bridgehead atoms. The van der Waals surface area contributed by atoms with Gasteiger partial charge < -0.3 is 10.3 Å². The summed E-state index contributed by atoms with van der Waals surface area (Å²) in [6.45, 7) is 4.10. The highest BCUT2D eigenvalue weighted by molar-refractivity contribution is 5.83. The Morgan fingerprint density at radius 2 is 2.00 bits per heavy atom. The number of hydrogen-bond acceptors (Lipinski definition) is 2. The molecule has 4 heteroatoms. The zero-order chi connectivity index (χ0) is 13.9. The second kappa shape index (κ2) is 5.41. The number of aryl methyl sites for hydroxylation is 3. The lowest BCUT2D eigenvalue weighted by Gasteiger charge is -2.09. The molecule has 2 aromatic heterocycles. The molecule has 2 heterocycles. The van der Waals surface area contributed by atoms with Crippen LogP contribution in [0.15, 0.2) is 42.7 Å². The van der Waals surface area contributed by atoms with Crippen LogP contribution < -0.4 is 5.73 Å². The van der Waals surface area contributed by atoms with E-state index in [9.17, 15) is 0 Å². The lowest BCUT2D eigenvalue weighted by Crippen LogP contribution is -2.05. The predicted molar refractivity (Wildman–Crippen MR) is 82.6 cm³/mol.